The van der Waals surface area contributed by atoms with E-state index in [0.717, 1.165) is 0 Å². The van der Waals surface area contributed by atoms with Gasteiger partial charge in [-0.05, 0) is 0 Å². The maximum atomic E-state index is 10.4. The third-order valence-electron chi connectivity index (χ3n) is 0.707. The van der Waals surface area contributed by atoms with Gasteiger partial charge in [0, 0.05) is 7.05 Å². The summed E-state index contributed by atoms with van der Waals surface area (Å²) in [6, 6.07) is 0. The summed E-state index contributed by atoms with van der Waals surface area (Å²) in [6.07, 6.45) is -1.19. The van der Waals surface area contributed by atoms with E-state index in [0.29, 0.717) is 0 Å². The minimum absolute atomic E-state index is 0.125. The summed E-state index contributed by atoms with van der Waals surface area (Å²) < 4.78 is 4.08. The minimum atomic E-state index is -1.19. The summed E-state index contributed by atoms with van der Waals surface area (Å²) in [5, 5.41) is 2.20. The van der Waals surface area contributed by atoms with E-state index in [2.05, 4.69) is 10.1 Å². The molecule has 0 saturated heterocycles. The molecule has 0 heterocycles. The van der Waals surface area contributed by atoms with Gasteiger partial charge in [0.15, 0.2) is 0 Å². The van der Waals surface area contributed by atoms with Crippen LogP contribution in [0.5, 0.6) is 0 Å². The first kappa shape index (κ1) is 7.90. The molecular weight excluding hydrogens is 124 g/mol. The Balaban J connectivity index is 3.58. The SMILES string of the molecule is CNC(=O)C(N)OC=O. The Bertz CT molecular complexity index is 114. The molecule has 0 fully saturated rings. The van der Waals surface area contributed by atoms with Crippen LogP contribution in [0, 0.1) is 0 Å². The van der Waals surface area contributed by atoms with Crippen LogP contribution in [0.3, 0.4) is 0 Å². The number of hydrogen-bond acceptors (Lipinski definition) is 4. The highest BCUT2D eigenvalue weighted by atomic mass is 16.5. The van der Waals surface area contributed by atoms with E-state index in [1.807, 2.05) is 0 Å². The zero-order chi connectivity index (χ0) is 7.28. The molecule has 0 bridgehead atoms. The lowest BCUT2D eigenvalue weighted by Crippen LogP contribution is -2.40. The molecule has 1 unspecified atom stereocenters. The number of nitrogens with two attached hydrogens (primary N) is 1. The lowest BCUT2D eigenvalue weighted by Gasteiger charge is -2.05. The molecule has 9 heavy (non-hydrogen) atoms. The first-order valence-electron chi connectivity index (χ1n) is 2.28. The summed E-state index contributed by atoms with van der Waals surface area (Å²) >= 11 is 0. The van der Waals surface area contributed by atoms with Crippen LogP contribution in [-0.2, 0) is 14.3 Å². The van der Waals surface area contributed by atoms with Crippen molar-refractivity contribution in [3.8, 4) is 0 Å². The third-order valence-corrected chi connectivity index (χ3v) is 0.707. The number of ether oxygens (including phenoxy) is 1. The van der Waals surface area contributed by atoms with Crippen molar-refractivity contribution in [1.82, 2.24) is 5.32 Å². The zero-order valence-electron chi connectivity index (χ0n) is 4.96. The van der Waals surface area contributed by atoms with E-state index < -0.39 is 12.1 Å². The molecule has 1 atom stereocenters. The second-order valence-electron chi connectivity index (χ2n) is 1.27. The topological polar surface area (TPSA) is 81.4 Å². The summed E-state index contributed by atoms with van der Waals surface area (Å²) in [5.41, 5.74) is 4.97. The van der Waals surface area contributed by atoms with Crippen molar-refractivity contribution >= 4 is 12.4 Å². The van der Waals surface area contributed by atoms with Crippen molar-refractivity contribution in [2.75, 3.05) is 7.05 Å². The molecule has 0 spiro atoms. The Morgan fingerprint density at radius 2 is 2.44 bits per heavy atom. The van der Waals surface area contributed by atoms with Crippen LogP contribution in [0.4, 0.5) is 0 Å². The Labute approximate surface area is 52.2 Å². The normalized spacial score (nSPS) is 11.8. The number of carbonyl (C=O) groups excluding carboxylic acids is 2. The van der Waals surface area contributed by atoms with Gasteiger partial charge in [-0.25, -0.2) is 0 Å². The Hall–Kier alpha value is -1.10. The van der Waals surface area contributed by atoms with Crippen molar-refractivity contribution in [3.05, 3.63) is 0 Å². The molecule has 0 saturated carbocycles. The van der Waals surface area contributed by atoms with E-state index in [1.54, 1.807) is 0 Å². The number of likely N-dealkylation sites (N-methyl/N-ethyl adjacent to an activating group) is 1. The van der Waals surface area contributed by atoms with Crippen molar-refractivity contribution in [3.63, 3.8) is 0 Å². The maximum Gasteiger partial charge on any atom is 0.295 e. The van der Waals surface area contributed by atoms with Crippen LogP contribution < -0.4 is 11.1 Å². The van der Waals surface area contributed by atoms with Gasteiger partial charge in [-0.15, -0.1) is 0 Å². The number of nitrogens with one attached hydrogen (secondary N) is 1. The standard InChI is InChI=1S/C4H8N2O3/c1-6-4(8)3(5)9-2-7/h2-3H,5H2,1H3,(H,6,8). The quantitative estimate of drug-likeness (QED) is 0.350. The fourth-order valence-electron chi connectivity index (χ4n) is 0.264. The van der Waals surface area contributed by atoms with Crippen LogP contribution in [-0.4, -0.2) is 25.7 Å². The van der Waals surface area contributed by atoms with Crippen molar-refractivity contribution in [2.45, 2.75) is 6.23 Å². The molecule has 0 aromatic carbocycles. The average molecular weight is 132 g/mol. The van der Waals surface area contributed by atoms with E-state index in [1.165, 1.54) is 7.05 Å². The van der Waals surface area contributed by atoms with Gasteiger partial charge < -0.3 is 10.1 Å². The summed E-state index contributed by atoms with van der Waals surface area (Å²) in [7, 11) is 1.40. The van der Waals surface area contributed by atoms with E-state index in [4.69, 9.17) is 5.73 Å². The molecule has 5 heteroatoms. The third kappa shape index (κ3) is 2.65. The Kier molecular flexibility index (Phi) is 3.38. The van der Waals surface area contributed by atoms with Crippen LogP contribution in [0.2, 0.25) is 0 Å². The van der Waals surface area contributed by atoms with Gasteiger partial charge in [0.2, 0.25) is 6.23 Å². The van der Waals surface area contributed by atoms with Gasteiger partial charge in [-0.3, -0.25) is 15.3 Å². The Morgan fingerprint density at radius 3 is 2.78 bits per heavy atom. The van der Waals surface area contributed by atoms with Gasteiger partial charge in [0.1, 0.15) is 0 Å². The molecule has 3 N–H and O–H groups in total. The van der Waals surface area contributed by atoms with Crippen LogP contribution in [0.1, 0.15) is 0 Å². The highest BCUT2D eigenvalue weighted by Crippen LogP contribution is 1.75. The van der Waals surface area contributed by atoms with Gasteiger partial charge in [-0.2, -0.15) is 0 Å². The molecule has 0 aliphatic rings. The van der Waals surface area contributed by atoms with Gasteiger partial charge in [-0.1, -0.05) is 0 Å². The van der Waals surface area contributed by atoms with Gasteiger partial charge in [0.05, 0.1) is 0 Å². The smallest absolute Gasteiger partial charge is 0.295 e. The lowest BCUT2D eigenvalue weighted by atomic mass is 10.5. The first-order chi connectivity index (χ1) is 4.22. The fraction of sp³-hybridized carbons (Fsp3) is 0.500. The summed E-state index contributed by atoms with van der Waals surface area (Å²) in [5.74, 6) is -0.526. The molecule has 0 aliphatic heterocycles. The van der Waals surface area contributed by atoms with Crippen molar-refractivity contribution in [2.24, 2.45) is 5.73 Å². The molecule has 0 aromatic heterocycles. The van der Waals surface area contributed by atoms with Crippen molar-refractivity contribution < 1.29 is 14.3 Å². The number of rotatable bonds is 3. The maximum absolute atomic E-state index is 10.4. The highest BCUT2D eigenvalue weighted by Gasteiger charge is 2.09. The predicted molar refractivity (Wildman–Crippen MR) is 29.2 cm³/mol. The second-order valence-corrected chi connectivity index (χ2v) is 1.27. The van der Waals surface area contributed by atoms with Gasteiger partial charge >= 0.3 is 0 Å². The number of hydrogen-bond donors (Lipinski definition) is 2. The van der Waals surface area contributed by atoms with Crippen LogP contribution in [0.25, 0.3) is 0 Å². The van der Waals surface area contributed by atoms with Gasteiger partial charge in [0.25, 0.3) is 12.4 Å². The van der Waals surface area contributed by atoms with Crippen LogP contribution >= 0.6 is 0 Å². The minimum Gasteiger partial charge on any atom is -0.439 e. The number of carbonyl (C=O) groups is 2. The predicted octanol–water partition coefficient (Wildman–Crippen LogP) is -1.81. The summed E-state index contributed by atoms with van der Waals surface area (Å²) in [6.45, 7) is 0.125. The molecule has 1 amide bonds. The zero-order valence-corrected chi connectivity index (χ0v) is 4.96. The second kappa shape index (κ2) is 3.85. The molecular formula is C4H8N2O3. The van der Waals surface area contributed by atoms with E-state index >= 15 is 0 Å². The average Bonchev–Trinajstić information content (AvgIpc) is 1.87. The molecule has 52 valence electrons. The van der Waals surface area contributed by atoms with Crippen LogP contribution in [0.15, 0.2) is 0 Å². The largest absolute Gasteiger partial charge is 0.439 e. The van der Waals surface area contributed by atoms with Crippen molar-refractivity contribution in [1.29, 1.82) is 0 Å². The van der Waals surface area contributed by atoms with E-state index in [9.17, 15) is 9.59 Å². The molecule has 0 radical (unpaired) electrons. The first-order valence-corrected chi connectivity index (χ1v) is 2.28. The molecule has 0 aromatic rings. The Morgan fingerprint density at radius 1 is 1.89 bits per heavy atom. The molecule has 0 aliphatic carbocycles. The molecule has 5 nitrogen and oxygen atoms in total. The monoisotopic (exact) mass is 132 g/mol. The number of amides is 1. The summed E-state index contributed by atoms with van der Waals surface area (Å²) in [4.78, 5) is 19.9. The molecule has 0 rings (SSSR count). The van der Waals surface area contributed by atoms with E-state index in [-0.39, 0.29) is 6.47 Å². The fourth-order valence-corrected chi connectivity index (χ4v) is 0.264. The highest BCUT2D eigenvalue weighted by molar-refractivity contribution is 5.80. The lowest BCUT2D eigenvalue weighted by molar-refractivity contribution is -0.144.